The van der Waals surface area contributed by atoms with Crippen molar-refractivity contribution in [3.05, 3.63) is 35.0 Å². The third-order valence-electron chi connectivity index (χ3n) is 6.34. The second-order valence-corrected chi connectivity index (χ2v) is 9.88. The highest BCUT2D eigenvalue weighted by Crippen LogP contribution is 2.26. The molecule has 0 unspecified atom stereocenters. The van der Waals surface area contributed by atoms with Gasteiger partial charge in [0.1, 0.15) is 17.3 Å². The molecule has 1 aromatic heterocycles. The van der Waals surface area contributed by atoms with Crippen LogP contribution in [0.25, 0.3) is 0 Å². The maximum absolute atomic E-state index is 10.6. The SMILES string of the molecule is COc1cc(CN[C@H]2CC[C@@H](Nc3nc(C)c(C)c(N(C)C)n3)CC2)cc(OC)c1.O=C(O)C(F)(F)F.O=C(O)C(F)(F)F. The van der Waals surface area contributed by atoms with Gasteiger partial charge in [-0.2, -0.15) is 31.3 Å². The number of carboxylic acids is 2. The number of ether oxygens (including phenoxy) is 2. The predicted molar refractivity (Wildman–Crippen MR) is 149 cm³/mol. The number of benzene rings is 1. The predicted octanol–water partition coefficient (Wildman–Crippen LogP) is 4.96. The fourth-order valence-electron chi connectivity index (χ4n) is 3.97. The van der Waals surface area contributed by atoms with Crippen molar-refractivity contribution in [2.45, 2.75) is 70.5 Å². The minimum atomic E-state index is -5.08. The highest BCUT2D eigenvalue weighted by atomic mass is 19.4. The van der Waals surface area contributed by atoms with Crippen molar-refractivity contribution in [2.24, 2.45) is 0 Å². The first kappa shape index (κ1) is 38.0. The van der Waals surface area contributed by atoms with Crippen LogP contribution >= 0.6 is 0 Å². The number of alkyl halides is 6. The summed E-state index contributed by atoms with van der Waals surface area (Å²) >= 11 is 0. The Hall–Kier alpha value is -4.02. The lowest BCUT2D eigenvalue weighted by molar-refractivity contribution is -0.193. The zero-order chi connectivity index (χ0) is 33.8. The number of halogens is 6. The topological polar surface area (TPSA) is 146 Å². The monoisotopic (exact) mass is 641 g/mol. The summed E-state index contributed by atoms with van der Waals surface area (Å²) in [4.78, 5) is 29.2. The molecule has 0 bridgehead atoms. The molecule has 0 aliphatic heterocycles. The summed E-state index contributed by atoms with van der Waals surface area (Å²) < 4.78 is 74.2. The van der Waals surface area contributed by atoms with E-state index < -0.39 is 24.3 Å². The molecule has 1 aliphatic rings. The van der Waals surface area contributed by atoms with Crippen molar-refractivity contribution in [2.75, 3.05) is 38.5 Å². The maximum Gasteiger partial charge on any atom is 0.490 e. The number of methoxy groups -OCH3 is 2. The van der Waals surface area contributed by atoms with Gasteiger partial charge in [-0.3, -0.25) is 0 Å². The molecule has 0 spiro atoms. The molecule has 44 heavy (non-hydrogen) atoms. The number of aliphatic carboxylic acids is 2. The van der Waals surface area contributed by atoms with Crippen molar-refractivity contribution >= 4 is 23.7 Å². The van der Waals surface area contributed by atoms with E-state index in [1.54, 1.807) is 14.2 Å². The van der Waals surface area contributed by atoms with E-state index in [4.69, 9.17) is 34.3 Å². The average molecular weight is 642 g/mol. The summed E-state index contributed by atoms with van der Waals surface area (Å²) in [5, 5.41) is 21.5. The van der Waals surface area contributed by atoms with Gasteiger partial charge in [0.15, 0.2) is 0 Å². The molecule has 4 N–H and O–H groups in total. The molecule has 17 heteroatoms. The quantitative estimate of drug-likeness (QED) is 0.290. The standard InChI is InChI=1S/C23H35N5O2.2C2HF3O2/c1-15-16(2)25-23(27-22(15)28(3)4)26-19-9-7-18(8-10-19)24-14-17-11-20(29-5)13-21(12-17)30-6;2*3-2(4,5)1(6)7/h11-13,18-19,24H,7-10,14H2,1-6H3,(H,25,26,27);2*(H,6,7)/t18-,19+;;. The van der Waals surface area contributed by atoms with Gasteiger partial charge in [-0.1, -0.05) is 0 Å². The van der Waals surface area contributed by atoms with E-state index in [9.17, 15) is 26.3 Å². The first-order chi connectivity index (χ1) is 20.3. The normalized spacial score (nSPS) is 16.4. The van der Waals surface area contributed by atoms with Gasteiger partial charge >= 0.3 is 24.3 Å². The summed E-state index contributed by atoms with van der Waals surface area (Å²) in [6.07, 6.45) is -5.70. The lowest BCUT2D eigenvalue weighted by atomic mass is 9.91. The molecule has 0 atom stereocenters. The fraction of sp³-hybridized carbons (Fsp3) is 0.556. The van der Waals surface area contributed by atoms with Gasteiger partial charge in [-0.15, -0.1) is 0 Å². The van der Waals surface area contributed by atoms with Crippen LogP contribution in [0.2, 0.25) is 0 Å². The van der Waals surface area contributed by atoms with E-state index in [0.717, 1.165) is 66.8 Å². The second-order valence-electron chi connectivity index (χ2n) is 9.88. The van der Waals surface area contributed by atoms with Crippen molar-refractivity contribution in [1.29, 1.82) is 0 Å². The van der Waals surface area contributed by atoms with Crippen molar-refractivity contribution < 1.29 is 55.6 Å². The molecule has 3 rings (SSSR count). The van der Waals surface area contributed by atoms with E-state index >= 15 is 0 Å². The molecule has 1 aliphatic carbocycles. The number of hydrogen-bond donors (Lipinski definition) is 4. The lowest BCUT2D eigenvalue weighted by Gasteiger charge is -2.30. The zero-order valence-electron chi connectivity index (χ0n) is 25.1. The Balaban J connectivity index is 0.000000574. The van der Waals surface area contributed by atoms with Crippen molar-refractivity contribution in [3.63, 3.8) is 0 Å². The number of aryl methyl sites for hydroxylation is 1. The van der Waals surface area contributed by atoms with Crippen molar-refractivity contribution in [1.82, 2.24) is 15.3 Å². The van der Waals surface area contributed by atoms with Gasteiger partial charge in [0, 0.05) is 50.0 Å². The van der Waals surface area contributed by atoms with Gasteiger partial charge < -0.3 is 35.2 Å². The van der Waals surface area contributed by atoms with Crippen LogP contribution in [0.1, 0.15) is 42.5 Å². The van der Waals surface area contributed by atoms with E-state index in [0.29, 0.717) is 12.1 Å². The highest BCUT2D eigenvalue weighted by Gasteiger charge is 2.38. The van der Waals surface area contributed by atoms with Gasteiger partial charge in [0.05, 0.1) is 14.2 Å². The largest absolute Gasteiger partial charge is 0.497 e. The number of carboxylic acid groups (broad SMARTS) is 2. The number of aromatic nitrogens is 2. The molecule has 0 amide bonds. The Kier molecular flexibility index (Phi) is 14.4. The molecule has 11 nitrogen and oxygen atoms in total. The summed E-state index contributed by atoms with van der Waals surface area (Å²) in [6, 6.07) is 6.94. The second kappa shape index (κ2) is 16.7. The first-order valence-electron chi connectivity index (χ1n) is 13.1. The van der Waals surface area contributed by atoms with E-state index in [2.05, 4.69) is 34.7 Å². The molecule has 1 fully saturated rings. The summed E-state index contributed by atoms with van der Waals surface area (Å²) in [5.74, 6) is -2.15. The van der Waals surface area contributed by atoms with E-state index in [1.165, 1.54) is 5.56 Å². The van der Waals surface area contributed by atoms with Gasteiger partial charge in [-0.05, 0) is 57.2 Å². The maximum atomic E-state index is 10.6. The van der Waals surface area contributed by atoms with Crippen LogP contribution in [0.3, 0.4) is 0 Å². The first-order valence-corrected chi connectivity index (χ1v) is 13.1. The van der Waals surface area contributed by atoms with Crippen LogP contribution in [0.15, 0.2) is 18.2 Å². The molecule has 1 aromatic carbocycles. The smallest absolute Gasteiger partial charge is 0.490 e. The Morgan fingerprint density at radius 1 is 0.864 bits per heavy atom. The molecule has 1 saturated carbocycles. The molecule has 0 saturated heterocycles. The number of nitrogens with one attached hydrogen (secondary N) is 2. The fourth-order valence-corrected chi connectivity index (χ4v) is 3.97. The van der Waals surface area contributed by atoms with Gasteiger partial charge in [-0.25, -0.2) is 14.6 Å². The third kappa shape index (κ3) is 13.1. The molecule has 1 heterocycles. The van der Waals surface area contributed by atoms with Crippen LogP contribution in [0.5, 0.6) is 11.5 Å². The van der Waals surface area contributed by atoms with E-state index in [-0.39, 0.29) is 0 Å². The van der Waals surface area contributed by atoms with Crippen LogP contribution in [-0.2, 0) is 16.1 Å². The van der Waals surface area contributed by atoms with Crippen LogP contribution < -0.4 is 25.0 Å². The average Bonchev–Trinajstić information content (AvgIpc) is 2.93. The molecular formula is C27H37F6N5O6. The molecular weight excluding hydrogens is 604 g/mol. The number of carbonyl (C=O) groups is 2. The molecule has 2 aromatic rings. The Labute approximate surface area is 250 Å². The Morgan fingerprint density at radius 2 is 1.30 bits per heavy atom. The molecule has 0 radical (unpaired) electrons. The Morgan fingerprint density at radius 3 is 1.68 bits per heavy atom. The third-order valence-corrected chi connectivity index (χ3v) is 6.34. The minimum Gasteiger partial charge on any atom is -0.497 e. The number of rotatable bonds is 8. The summed E-state index contributed by atoms with van der Waals surface area (Å²) in [5.41, 5.74) is 3.33. The van der Waals surface area contributed by atoms with Crippen LogP contribution in [0.4, 0.5) is 38.1 Å². The van der Waals surface area contributed by atoms with E-state index in [1.807, 2.05) is 32.0 Å². The van der Waals surface area contributed by atoms with Crippen LogP contribution in [-0.4, -0.2) is 84.9 Å². The zero-order valence-corrected chi connectivity index (χ0v) is 25.1. The van der Waals surface area contributed by atoms with Crippen LogP contribution in [0, 0.1) is 13.8 Å². The number of anilines is 2. The number of hydrogen-bond acceptors (Lipinski definition) is 9. The number of nitrogens with zero attached hydrogens (tertiary/aromatic N) is 3. The summed E-state index contributed by atoms with van der Waals surface area (Å²) in [6.45, 7) is 4.93. The lowest BCUT2D eigenvalue weighted by Crippen LogP contribution is -2.37. The Bertz CT molecular complexity index is 1190. The summed E-state index contributed by atoms with van der Waals surface area (Å²) in [7, 11) is 7.41. The minimum absolute atomic E-state index is 0.414. The van der Waals surface area contributed by atoms with Crippen molar-refractivity contribution in [3.8, 4) is 11.5 Å². The van der Waals surface area contributed by atoms with Gasteiger partial charge in [0.25, 0.3) is 0 Å². The van der Waals surface area contributed by atoms with Gasteiger partial charge in [0.2, 0.25) is 5.95 Å². The molecule has 248 valence electrons. The highest BCUT2D eigenvalue weighted by molar-refractivity contribution is 5.73.